The van der Waals surface area contributed by atoms with Crippen molar-refractivity contribution >= 4 is 38.6 Å². The Bertz CT molecular complexity index is 1130. The quantitative estimate of drug-likeness (QED) is 0.633. The number of sulfonamides is 1. The maximum Gasteiger partial charge on any atom is 0.264 e. The van der Waals surface area contributed by atoms with Crippen LogP contribution in [0.2, 0.25) is 5.02 Å². The van der Waals surface area contributed by atoms with Gasteiger partial charge in [-0.15, -0.1) is 0 Å². The van der Waals surface area contributed by atoms with Gasteiger partial charge in [-0.05, 0) is 36.8 Å². The Labute approximate surface area is 168 Å². The number of halogens is 1. The first-order valence-electron chi connectivity index (χ1n) is 8.55. The van der Waals surface area contributed by atoms with Gasteiger partial charge < -0.3 is 9.30 Å². The summed E-state index contributed by atoms with van der Waals surface area (Å²) in [7, 11) is -2.37. The van der Waals surface area contributed by atoms with Crippen molar-refractivity contribution in [3.8, 4) is 0 Å². The Balaban J connectivity index is 1.92. The van der Waals surface area contributed by atoms with Gasteiger partial charge in [0.2, 0.25) is 10.0 Å². The fourth-order valence-electron chi connectivity index (χ4n) is 2.83. The third-order valence-corrected chi connectivity index (χ3v) is 5.86. The summed E-state index contributed by atoms with van der Waals surface area (Å²) >= 11 is 6.27. The highest BCUT2D eigenvalue weighted by Gasteiger charge is 2.18. The topological polar surface area (TPSA) is 90.3 Å². The molecule has 3 rings (SSSR count). The molecule has 0 saturated carbocycles. The molecule has 0 aliphatic rings. The Kier molecular flexibility index (Phi) is 6.02. The molecule has 1 N–H and O–H groups in total. The minimum absolute atomic E-state index is 0.00541. The molecule has 0 unspecified atom stereocenters. The highest BCUT2D eigenvalue weighted by molar-refractivity contribution is 7.90. The zero-order valence-corrected chi connectivity index (χ0v) is 17.0. The van der Waals surface area contributed by atoms with Crippen molar-refractivity contribution < 1.29 is 17.9 Å². The number of rotatable bonds is 7. The number of aromatic nitrogens is 2. The van der Waals surface area contributed by atoms with Crippen molar-refractivity contribution in [2.24, 2.45) is 0 Å². The standard InChI is InChI=1S/C19H20ClN3O4S/c1-13-21-17-8-7-14(19(24)22-28(25,26)10-9-27-2)11-18(17)23(13)12-15-5-3-4-6-16(15)20/h3-8,11H,9-10,12H2,1-2H3,(H,22,24). The second-order valence-electron chi connectivity index (χ2n) is 6.28. The van der Waals surface area contributed by atoms with E-state index in [4.69, 9.17) is 16.3 Å². The van der Waals surface area contributed by atoms with Gasteiger partial charge in [0.1, 0.15) is 5.82 Å². The number of aryl methyl sites for hydroxylation is 1. The average molecular weight is 422 g/mol. The molecule has 0 aliphatic heterocycles. The van der Waals surface area contributed by atoms with Crippen molar-refractivity contribution in [1.82, 2.24) is 14.3 Å². The number of ether oxygens (including phenoxy) is 1. The van der Waals surface area contributed by atoms with Gasteiger partial charge in [0.15, 0.2) is 0 Å². The van der Waals surface area contributed by atoms with E-state index in [-0.39, 0.29) is 17.9 Å². The van der Waals surface area contributed by atoms with Crippen LogP contribution in [0.3, 0.4) is 0 Å². The van der Waals surface area contributed by atoms with E-state index in [9.17, 15) is 13.2 Å². The summed E-state index contributed by atoms with van der Waals surface area (Å²) in [5.41, 5.74) is 2.58. The monoisotopic (exact) mass is 421 g/mol. The highest BCUT2D eigenvalue weighted by atomic mass is 35.5. The molecule has 0 spiro atoms. The molecule has 1 heterocycles. The molecule has 7 nitrogen and oxygen atoms in total. The predicted molar refractivity (Wildman–Crippen MR) is 108 cm³/mol. The van der Waals surface area contributed by atoms with E-state index in [0.717, 1.165) is 16.9 Å². The maximum absolute atomic E-state index is 12.4. The fraction of sp³-hybridized carbons (Fsp3) is 0.263. The number of amides is 1. The third kappa shape index (κ3) is 4.52. The number of nitrogens with zero attached hydrogens (tertiary/aromatic N) is 2. The predicted octanol–water partition coefficient (Wildman–Crippen LogP) is 2.75. The fourth-order valence-corrected chi connectivity index (χ4v) is 3.91. The number of nitrogens with one attached hydrogen (secondary N) is 1. The number of carbonyl (C=O) groups is 1. The van der Waals surface area contributed by atoms with Crippen LogP contribution < -0.4 is 4.72 Å². The summed E-state index contributed by atoms with van der Waals surface area (Å²) in [6.45, 7) is 2.36. The summed E-state index contributed by atoms with van der Waals surface area (Å²) in [5.74, 6) is -0.220. The molecule has 0 radical (unpaired) electrons. The van der Waals surface area contributed by atoms with Crippen molar-refractivity contribution in [2.75, 3.05) is 19.5 Å². The Morgan fingerprint density at radius 2 is 2.00 bits per heavy atom. The van der Waals surface area contributed by atoms with Gasteiger partial charge in [-0.1, -0.05) is 29.8 Å². The lowest BCUT2D eigenvalue weighted by Gasteiger charge is -2.10. The van der Waals surface area contributed by atoms with E-state index in [1.54, 1.807) is 18.2 Å². The van der Waals surface area contributed by atoms with E-state index in [1.165, 1.54) is 7.11 Å². The van der Waals surface area contributed by atoms with Crippen LogP contribution in [0.4, 0.5) is 0 Å². The number of fused-ring (bicyclic) bond motifs is 1. The van der Waals surface area contributed by atoms with Crippen LogP contribution >= 0.6 is 11.6 Å². The first-order valence-corrected chi connectivity index (χ1v) is 10.6. The van der Waals surface area contributed by atoms with Crippen molar-refractivity contribution in [3.05, 3.63) is 64.4 Å². The second kappa shape index (κ2) is 8.30. The summed E-state index contributed by atoms with van der Waals surface area (Å²) < 4.78 is 32.6. The molecular formula is C19H20ClN3O4S. The minimum Gasteiger partial charge on any atom is -0.384 e. The van der Waals surface area contributed by atoms with E-state index >= 15 is 0 Å². The number of hydrogen-bond acceptors (Lipinski definition) is 5. The highest BCUT2D eigenvalue weighted by Crippen LogP contribution is 2.22. The average Bonchev–Trinajstić information content (AvgIpc) is 2.96. The zero-order chi connectivity index (χ0) is 20.3. The van der Waals surface area contributed by atoms with E-state index < -0.39 is 15.9 Å². The molecule has 2 aromatic carbocycles. The maximum atomic E-state index is 12.4. The van der Waals surface area contributed by atoms with Crippen LogP contribution in [0.5, 0.6) is 0 Å². The van der Waals surface area contributed by atoms with Gasteiger partial charge in [-0.3, -0.25) is 4.79 Å². The largest absolute Gasteiger partial charge is 0.384 e. The summed E-state index contributed by atoms with van der Waals surface area (Å²) in [6, 6.07) is 12.4. The summed E-state index contributed by atoms with van der Waals surface area (Å²) in [6.07, 6.45) is 0. The smallest absolute Gasteiger partial charge is 0.264 e. The van der Waals surface area contributed by atoms with E-state index in [1.807, 2.05) is 35.8 Å². The van der Waals surface area contributed by atoms with Crippen LogP contribution in [0.15, 0.2) is 42.5 Å². The molecule has 9 heteroatoms. The second-order valence-corrected chi connectivity index (χ2v) is 8.53. The molecular weight excluding hydrogens is 402 g/mol. The lowest BCUT2D eigenvalue weighted by Crippen LogP contribution is -2.33. The van der Waals surface area contributed by atoms with E-state index in [0.29, 0.717) is 17.1 Å². The lowest BCUT2D eigenvalue weighted by molar-refractivity contribution is 0.0981. The number of hydrogen-bond donors (Lipinski definition) is 1. The van der Waals surface area contributed by atoms with Crippen molar-refractivity contribution in [2.45, 2.75) is 13.5 Å². The summed E-state index contributed by atoms with van der Waals surface area (Å²) in [4.78, 5) is 16.9. The molecule has 1 aromatic heterocycles. The lowest BCUT2D eigenvalue weighted by atomic mass is 10.2. The van der Waals surface area contributed by atoms with Gasteiger partial charge in [0.25, 0.3) is 5.91 Å². The molecule has 1 amide bonds. The normalized spacial score (nSPS) is 11.7. The Morgan fingerprint density at radius 1 is 1.25 bits per heavy atom. The summed E-state index contributed by atoms with van der Waals surface area (Å²) in [5, 5.41) is 0.641. The number of carbonyl (C=O) groups excluding carboxylic acids is 1. The minimum atomic E-state index is -3.77. The van der Waals surface area contributed by atoms with Gasteiger partial charge >= 0.3 is 0 Å². The third-order valence-electron chi connectivity index (χ3n) is 4.29. The first kappa shape index (κ1) is 20.3. The molecule has 0 saturated heterocycles. The van der Waals surface area contributed by atoms with Gasteiger partial charge in [-0.2, -0.15) is 0 Å². The number of benzene rings is 2. The molecule has 0 bridgehead atoms. The Hall–Kier alpha value is -2.42. The van der Waals surface area contributed by atoms with Crippen LogP contribution in [0.1, 0.15) is 21.7 Å². The van der Waals surface area contributed by atoms with Crippen molar-refractivity contribution in [1.29, 1.82) is 0 Å². The van der Waals surface area contributed by atoms with Crippen LogP contribution in [0, 0.1) is 6.92 Å². The molecule has 0 fully saturated rings. The molecule has 0 aliphatic carbocycles. The first-order chi connectivity index (χ1) is 13.3. The van der Waals surface area contributed by atoms with Gasteiger partial charge in [-0.25, -0.2) is 18.1 Å². The van der Waals surface area contributed by atoms with Crippen LogP contribution in [0.25, 0.3) is 11.0 Å². The molecule has 28 heavy (non-hydrogen) atoms. The number of methoxy groups -OCH3 is 1. The van der Waals surface area contributed by atoms with Crippen LogP contribution in [-0.4, -0.2) is 43.3 Å². The van der Waals surface area contributed by atoms with E-state index in [2.05, 4.69) is 9.71 Å². The molecule has 148 valence electrons. The molecule has 3 aromatic rings. The molecule has 0 atom stereocenters. The van der Waals surface area contributed by atoms with Crippen molar-refractivity contribution in [3.63, 3.8) is 0 Å². The number of imidazole rings is 1. The van der Waals surface area contributed by atoms with Crippen LogP contribution in [-0.2, 0) is 21.3 Å². The van der Waals surface area contributed by atoms with Gasteiger partial charge in [0, 0.05) is 17.7 Å². The Morgan fingerprint density at radius 3 is 2.71 bits per heavy atom. The zero-order valence-electron chi connectivity index (χ0n) is 15.5. The van der Waals surface area contributed by atoms with Gasteiger partial charge in [0.05, 0.1) is 29.9 Å². The SMILES string of the molecule is COCCS(=O)(=O)NC(=O)c1ccc2nc(C)n(Cc3ccccc3Cl)c2c1.